The van der Waals surface area contributed by atoms with Gasteiger partial charge in [-0.05, 0) is 31.0 Å². The lowest BCUT2D eigenvalue weighted by molar-refractivity contribution is 0.0503. The van der Waals surface area contributed by atoms with Gasteiger partial charge in [0.05, 0.1) is 6.61 Å². The maximum atomic E-state index is 12.7. The van der Waals surface area contributed by atoms with Crippen LogP contribution in [0, 0.1) is 6.92 Å². The number of anilines is 1. The third-order valence-electron chi connectivity index (χ3n) is 4.15. The Hall–Kier alpha value is -2.66. The zero-order valence-electron chi connectivity index (χ0n) is 14.9. The lowest BCUT2D eigenvalue weighted by Crippen LogP contribution is -2.15. The number of esters is 1. The van der Waals surface area contributed by atoms with Crippen LogP contribution in [0.2, 0.25) is 0 Å². The first-order valence-electron chi connectivity index (χ1n) is 8.67. The maximum absolute atomic E-state index is 12.7. The van der Waals surface area contributed by atoms with E-state index in [4.69, 9.17) is 4.74 Å². The maximum Gasteiger partial charge on any atom is 0.341 e. The lowest BCUT2D eigenvalue weighted by Gasteiger charge is -2.09. The van der Waals surface area contributed by atoms with Crippen molar-refractivity contribution in [1.29, 1.82) is 0 Å². The third-order valence-corrected chi connectivity index (χ3v) is 5.23. The number of carbonyl (C=O) groups excluding carboxylic acids is 2. The van der Waals surface area contributed by atoms with Crippen molar-refractivity contribution in [1.82, 2.24) is 0 Å². The van der Waals surface area contributed by atoms with Crippen molar-refractivity contribution in [2.24, 2.45) is 0 Å². The van der Waals surface area contributed by atoms with E-state index in [0.29, 0.717) is 22.7 Å². The van der Waals surface area contributed by atoms with Crippen molar-refractivity contribution in [3.63, 3.8) is 0 Å². The summed E-state index contributed by atoms with van der Waals surface area (Å²) in [5.41, 5.74) is 1.91. The van der Waals surface area contributed by atoms with Crippen LogP contribution in [0.3, 0.4) is 0 Å². The number of ether oxygens (including phenoxy) is 1. The van der Waals surface area contributed by atoms with E-state index in [9.17, 15) is 9.59 Å². The highest BCUT2D eigenvalue weighted by molar-refractivity contribution is 7.23. The van der Waals surface area contributed by atoms with Gasteiger partial charge in [-0.1, -0.05) is 49.7 Å². The Morgan fingerprint density at radius 2 is 1.81 bits per heavy atom. The first kappa shape index (κ1) is 18.1. The second-order valence-electron chi connectivity index (χ2n) is 6.06. The summed E-state index contributed by atoms with van der Waals surface area (Å²) in [4.78, 5) is 25.3. The van der Waals surface area contributed by atoms with Gasteiger partial charge in [-0.15, -0.1) is 11.3 Å². The van der Waals surface area contributed by atoms with Crippen LogP contribution in [0.5, 0.6) is 0 Å². The average molecular weight is 367 g/mol. The van der Waals surface area contributed by atoms with E-state index in [1.807, 2.05) is 56.3 Å². The van der Waals surface area contributed by atoms with E-state index in [1.165, 1.54) is 11.3 Å². The Balaban J connectivity index is 1.94. The van der Waals surface area contributed by atoms with Gasteiger partial charge in [0.2, 0.25) is 0 Å². The van der Waals surface area contributed by atoms with Crippen LogP contribution in [0.4, 0.5) is 5.00 Å². The van der Waals surface area contributed by atoms with E-state index in [-0.39, 0.29) is 5.91 Å². The zero-order valence-corrected chi connectivity index (χ0v) is 15.7. The number of unbranched alkanes of at least 4 members (excludes halogenated alkanes) is 1. The number of fused-ring (bicyclic) bond motifs is 1. The van der Waals surface area contributed by atoms with E-state index in [2.05, 4.69) is 5.32 Å². The second kappa shape index (κ2) is 8.15. The smallest absolute Gasteiger partial charge is 0.341 e. The zero-order chi connectivity index (χ0) is 18.5. The largest absolute Gasteiger partial charge is 0.462 e. The molecule has 0 spiro atoms. The molecule has 1 amide bonds. The van der Waals surface area contributed by atoms with Crippen LogP contribution in [0.1, 0.15) is 46.0 Å². The predicted molar refractivity (Wildman–Crippen MR) is 106 cm³/mol. The van der Waals surface area contributed by atoms with Gasteiger partial charge < -0.3 is 10.1 Å². The van der Waals surface area contributed by atoms with Gasteiger partial charge in [0.25, 0.3) is 5.91 Å². The van der Waals surface area contributed by atoms with Gasteiger partial charge in [0.1, 0.15) is 10.6 Å². The standard InChI is InChI=1S/C21H21NO3S/c1-3-4-13-25-21(24)18-16-11-7-8-12-17(16)26-20(18)22-19(23)15-10-6-5-9-14(15)2/h5-12H,3-4,13H2,1-2H3,(H,22,23). The number of hydrogen-bond acceptors (Lipinski definition) is 4. The molecule has 0 aliphatic rings. The first-order chi connectivity index (χ1) is 12.6. The van der Waals surface area contributed by atoms with Crippen molar-refractivity contribution in [3.8, 4) is 0 Å². The summed E-state index contributed by atoms with van der Waals surface area (Å²) in [5.74, 6) is -0.617. The minimum atomic E-state index is -0.393. The minimum Gasteiger partial charge on any atom is -0.462 e. The molecule has 0 saturated heterocycles. The Kier molecular flexibility index (Phi) is 5.68. The van der Waals surface area contributed by atoms with Crippen molar-refractivity contribution >= 4 is 38.3 Å². The van der Waals surface area contributed by atoms with Crippen molar-refractivity contribution in [2.75, 3.05) is 11.9 Å². The molecule has 5 heteroatoms. The Morgan fingerprint density at radius 3 is 2.58 bits per heavy atom. The van der Waals surface area contributed by atoms with Gasteiger partial charge in [0, 0.05) is 15.6 Å². The van der Waals surface area contributed by atoms with Crippen LogP contribution in [-0.4, -0.2) is 18.5 Å². The predicted octanol–water partition coefficient (Wildman–Crippen LogP) is 5.42. The highest BCUT2D eigenvalue weighted by Crippen LogP contribution is 2.36. The number of amides is 1. The fourth-order valence-electron chi connectivity index (χ4n) is 2.72. The van der Waals surface area contributed by atoms with Crippen LogP contribution in [-0.2, 0) is 4.74 Å². The molecule has 0 radical (unpaired) electrons. The molecule has 1 N–H and O–H groups in total. The summed E-state index contributed by atoms with van der Waals surface area (Å²) in [5, 5.41) is 4.24. The van der Waals surface area contributed by atoms with E-state index in [0.717, 1.165) is 28.5 Å². The normalized spacial score (nSPS) is 10.7. The Bertz CT molecular complexity index is 945. The molecule has 3 rings (SSSR count). The van der Waals surface area contributed by atoms with Crippen molar-refractivity contribution in [3.05, 3.63) is 65.2 Å². The average Bonchev–Trinajstić information content (AvgIpc) is 3.00. The van der Waals surface area contributed by atoms with Gasteiger partial charge >= 0.3 is 5.97 Å². The fourth-order valence-corrected chi connectivity index (χ4v) is 3.80. The molecule has 0 fully saturated rings. The van der Waals surface area contributed by atoms with Crippen molar-refractivity contribution < 1.29 is 14.3 Å². The molecule has 1 heterocycles. The lowest BCUT2D eigenvalue weighted by atomic mass is 10.1. The number of benzene rings is 2. The summed E-state index contributed by atoms with van der Waals surface area (Å²) in [7, 11) is 0. The number of aryl methyl sites for hydroxylation is 1. The number of rotatable bonds is 6. The van der Waals surface area contributed by atoms with Gasteiger partial charge in [-0.25, -0.2) is 4.79 Å². The molecule has 0 saturated carbocycles. The molecule has 4 nitrogen and oxygen atoms in total. The number of nitrogens with one attached hydrogen (secondary N) is 1. The highest BCUT2D eigenvalue weighted by Gasteiger charge is 2.22. The van der Waals surface area contributed by atoms with Crippen LogP contribution in [0.25, 0.3) is 10.1 Å². The fraction of sp³-hybridized carbons (Fsp3) is 0.238. The Morgan fingerprint density at radius 1 is 1.08 bits per heavy atom. The molecule has 3 aromatic rings. The second-order valence-corrected chi connectivity index (χ2v) is 7.11. The summed E-state index contributed by atoms with van der Waals surface area (Å²) in [6.07, 6.45) is 1.77. The monoisotopic (exact) mass is 367 g/mol. The molecule has 26 heavy (non-hydrogen) atoms. The quantitative estimate of drug-likeness (QED) is 0.467. The number of hydrogen-bond donors (Lipinski definition) is 1. The number of thiophene rings is 1. The molecule has 0 aliphatic carbocycles. The summed E-state index contributed by atoms with van der Waals surface area (Å²) in [6, 6.07) is 15.0. The molecular formula is C21H21NO3S. The van der Waals surface area contributed by atoms with Crippen LogP contribution in [0.15, 0.2) is 48.5 Å². The molecule has 2 aromatic carbocycles. The summed E-state index contributed by atoms with van der Waals surface area (Å²) >= 11 is 1.39. The highest BCUT2D eigenvalue weighted by atomic mass is 32.1. The molecule has 0 aliphatic heterocycles. The third kappa shape index (κ3) is 3.78. The van der Waals surface area contributed by atoms with Gasteiger partial charge in [-0.3, -0.25) is 4.79 Å². The first-order valence-corrected chi connectivity index (χ1v) is 9.49. The van der Waals surface area contributed by atoms with E-state index < -0.39 is 5.97 Å². The molecule has 0 unspecified atom stereocenters. The number of carbonyl (C=O) groups is 2. The van der Waals surface area contributed by atoms with Gasteiger partial charge in [-0.2, -0.15) is 0 Å². The molecule has 0 bridgehead atoms. The SMILES string of the molecule is CCCCOC(=O)c1c(NC(=O)c2ccccc2C)sc2ccccc12. The van der Waals surface area contributed by atoms with Crippen LogP contribution >= 0.6 is 11.3 Å². The summed E-state index contributed by atoms with van der Waals surface area (Å²) in [6.45, 7) is 4.31. The van der Waals surface area contributed by atoms with Crippen molar-refractivity contribution in [2.45, 2.75) is 26.7 Å². The Labute approximate surface area is 156 Å². The minimum absolute atomic E-state index is 0.225. The molecule has 1 aromatic heterocycles. The molecule has 0 atom stereocenters. The van der Waals surface area contributed by atoms with Crippen LogP contribution < -0.4 is 5.32 Å². The van der Waals surface area contributed by atoms with E-state index in [1.54, 1.807) is 6.07 Å². The summed E-state index contributed by atoms with van der Waals surface area (Å²) < 4.78 is 6.34. The van der Waals surface area contributed by atoms with E-state index >= 15 is 0 Å². The van der Waals surface area contributed by atoms with Gasteiger partial charge in [0.15, 0.2) is 0 Å². The molecular weight excluding hydrogens is 346 g/mol. The topological polar surface area (TPSA) is 55.4 Å². The molecule has 134 valence electrons.